The van der Waals surface area contributed by atoms with Crippen LogP contribution in [0.3, 0.4) is 0 Å². The van der Waals surface area contributed by atoms with Crippen molar-refractivity contribution >= 4 is 29.2 Å². The van der Waals surface area contributed by atoms with Gasteiger partial charge in [0.05, 0.1) is 10.8 Å². The summed E-state index contributed by atoms with van der Waals surface area (Å²) in [7, 11) is 0. The number of carbonyl (C=O) groups excluding carboxylic acids is 3. The van der Waals surface area contributed by atoms with Crippen LogP contribution in [-0.2, 0) is 22.4 Å². The molecule has 3 amide bonds. The number of rotatable bonds is 2. The second kappa shape index (κ2) is 7.88. The minimum absolute atomic E-state index is 0.277. The van der Waals surface area contributed by atoms with Crippen LogP contribution in [0, 0.1) is 5.92 Å². The van der Waals surface area contributed by atoms with Crippen LogP contribution in [0.15, 0.2) is 6.07 Å². The molecule has 1 aliphatic carbocycles. The molecular weight excluding hydrogens is 366 g/mol. The van der Waals surface area contributed by atoms with Gasteiger partial charge in [-0.3, -0.25) is 20.4 Å². The van der Waals surface area contributed by atoms with Crippen molar-refractivity contribution in [1.29, 1.82) is 0 Å². The van der Waals surface area contributed by atoms with Crippen molar-refractivity contribution in [3.8, 4) is 0 Å². The number of hydrogen-bond acceptors (Lipinski definition) is 5. The first-order chi connectivity index (χ1) is 12.7. The fraction of sp³-hybridized carbons (Fsp3) is 0.632. The maximum Gasteiger partial charge on any atom is 0.410 e. The number of fused-ring (bicyclic) bond motifs is 1. The van der Waals surface area contributed by atoms with E-state index in [0.717, 1.165) is 25.7 Å². The van der Waals surface area contributed by atoms with E-state index < -0.39 is 11.7 Å². The van der Waals surface area contributed by atoms with Crippen molar-refractivity contribution in [1.82, 2.24) is 15.8 Å². The zero-order valence-electron chi connectivity index (χ0n) is 16.1. The number of hydrazine groups is 1. The van der Waals surface area contributed by atoms with E-state index >= 15 is 0 Å². The lowest BCUT2D eigenvalue weighted by Gasteiger charge is -2.33. The molecule has 1 saturated heterocycles. The molecule has 1 aromatic heterocycles. The average molecular weight is 394 g/mol. The minimum atomic E-state index is -0.568. The molecule has 1 aliphatic heterocycles. The Morgan fingerprint density at radius 2 is 1.96 bits per heavy atom. The van der Waals surface area contributed by atoms with E-state index in [4.69, 9.17) is 4.74 Å². The monoisotopic (exact) mass is 393 g/mol. The van der Waals surface area contributed by atoms with Gasteiger partial charge in [0.1, 0.15) is 5.60 Å². The van der Waals surface area contributed by atoms with Crippen LogP contribution >= 0.6 is 11.3 Å². The third-order valence-electron chi connectivity index (χ3n) is 4.71. The van der Waals surface area contributed by atoms with E-state index in [9.17, 15) is 14.4 Å². The molecule has 1 atom stereocenters. The maximum atomic E-state index is 12.4. The Morgan fingerprint density at radius 3 is 2.67 bits per heavy atom. The van der Waals surface area contributed by atoms with Crippen LogP contribution in [0.2, 0.25) is 0 Å². The number of ether oxygens (including phenoxy) is 1. The Labute approximate surface area is 163 Å². The number of thiophene rings is 1. The number of carbonyl (C=O) groups is 3. The molecule has 0 bridgehead atoms. The summed E-state index contributed by atoms with van der Waals surface area (Å²) in [5.41, 5.74) is 5.70. The van der Waals surface area contributed by atoms with E-state index in [1.807, 2.05) is 26.8 Å². The highest BCUT2D eigenvalue weighted by molar-refractivity contribution is 7.14. The quantitative estimate of drug-likeness (QED) is 0.756. The summed E-state index contributed by atoms with van der Waals surface area (Å²) in [5, 5.41) is 0. The number of likely N-dealkylation sites (tertiary alicyclic amines) is 1. The van der Waals surface area contributed by atoms with Crippen LogP contribution in [0.1, 0.15) is 60.1 Å². The first-order valence-corrected chi connectivity index (χ1v) is 10.2. The van der Waals surface area contributed by atoms with Crippen molar-refractivity contribution < 1.29 is 19.1 Å². The Morgan fingerprint density at radius 1 is 1.19 bits per heavy atom. The van der Waals surface area contributed by atoms with Crippen molar-refractivity contribution in [3.05, 3.63) is 21.4 Å². The standard InChI is InChI=1S/C19H27N3O4S/c1-19(2,3)26-18(25)22-9-5-7-13(11-22)16(23)20-21-17(24)15-10-12-6-4-8-14(12)27-15/h10,13H,4-9,11H2,1-3H3,(H,20,23)(H,21,24)/t13-/m1/s1. The number of nitrogens with zero attached hydrogens (tertiary/aromatic N) is 1. The molecule has 2 heterocycles. The van der Waals surface area contributed by atoms with E-state index in [1.165, 1.54) is 21.8 Å². The zero-order valence-corrected chi connectivity index (χ0v) is 16.9. The molecule has 3 rings (SSSR count). The normalized spacial score (nSPS) is 19.4. The fourth-order valence-corrected chi connectivity index (χ4v) is 4.56. The van der Waals surface area contributed by atoms with Crippen LogP contribution in [0.25, 0.3) is 0 Å². The van der Waals surface area contributed by atoms with Gasteiger partial charge >= 0.3 is 6.09 Å². The molecule has 0 saturated carbocycles. The van der Waals surface area contributed by atoms with Crippen LogP contribution in [-0.4, -0.2) is 41.5 Å². The minimum Gasteiger partial charge on any atom is -0.444 e. The molecule has 0 aromatic carbocycles. The lowest BCUT2D eigenvalue weighted by molar-refractivity contribution is -0.127. The molecule has 2 aliphatic rings. The summed E-state index contributed by atoms with van der Waals surface area (Å²) in [5.74, 6) is -0.928. The smallest absolute Gasteiger partial charge is 0.410 e. The van der Waals surface area contributed by atoms with Gasteiger partial charge in [0.25, 0.3) is 5.91 Å². The van der Waals surface area contributed by atoms with Crippen molar-refractivity contribution in [2.75, 3.05) is 13.1 Å². The Balaban J connectivity index is 1.49. The summed E-state index contributed by atoms with van der Waals surface area (Å²) >= 11 is 1.49. The molecule has 0 spiro atoms. The lowest BCUT2D eigenvalue weighted by Crippen LogP contribution is -2.50. The lowest BCUT2D eigenvalue weighted by atomic mass is 9.98. The molecule has 2 N–H and O–H groups in total. The molecule has 1 aromatic rings. The Bertz CT molecular complexity index is 716. The van der Waals surface area contributed by atoms with E-state index in [0.29, 0.717) is 24.4 Å². The number of hydrogen-bond donors (Lipinski definition) is 2. The number of amides is 3. The zero-order chi connectivity index (χ0) is 19.6. The average Bonchev–Trinajstić information content (AvgIpc) is 3.20. The molecule has 27 heavy (non-hydrogen) atoms. The van der Waals surface area contributed by atoms with Crippen LogP contribution in [0.5, 0.6) is 0 Å². The summed E-state index contributed by atoms with van der Waals surface area (Å²) in [6, 6.07) is 1.92. The number of aryl methyl sites for hydroxylation is 2. The van der Waals surface area contributed by atoms with Gasteiger partial charge in [-0.2, -0.15) is 0 Å². The number of piperidine rings is 1. The molecule has 0 radical (unpaired) electrons. The molecular formula is C19H27N3O4S. The highest BCUT2D eigenvalue weighted by Gasteiger charge is 2.31. The van der Waals surface area contributed by atoms with Gasteiger partial charge in [-0.05, 0) is 64.5 Å². The topological polar surface area (TPSA) is 87.7 Å². The van der Waals surface area contributed by atoms with E-state index in [-0.39, 0.29) is 17.7 Å². The van der Waals surface area contributed by atoms with E-state index in [1.54, 1.807) is 4.90 Å². The Hall–Kier alpha value is -2.09. The van der Waals surface area contributed by atoms with Crippen LogP contribution < -0.4 is 10.9 Å². The van der Waals surface area contributed by atoms with Crippen molar-refractivity contribution in [2.24, 2.45) is 5.92 Å². The summed E-state index contributed by atoms with van der Waals surface area (Å²) < 4.78 is 5.38. The van der Waals surface area contributed by atoms with Gasteiger partial charge in [0.15, 0.2) is 0 Å². The second-order valence-corrected chi connectivity index (χ2v) is 9.26. The SMILES string of the molecule is CC(C)(C)OC(=O)N1CCC[C@@H](C(=O)NNC(=O)c2cc3c(s2)CCC3)C1. The molecule has 1 fully saturated rings. The molecule has 0 unspecified atom stereocenters. The second-order valence-electron chi connectivity index (χ2n) is 8.12. The largest absolute Gasteiger partial charge is 0.444 e. The summed E-state index contributed by atoms with van der Waals surface area (Å²) in [6.07, 6.45) is 4.19. The van der Waals surface area contributed by atoms with Crippen LogP contribution in [0.4, 0.5) is 4.79 Å². The maximum absolute atomic E-state index is 12.4. The van der Waals surface area contributed by atoms with Gasteiger partial charge in [-0.15, -0.1) is 11.3 Å². The van der Waals surface area contributed by atoms with Gasteiger partial charge < -0.3 is 9.64 Å². The molecule has 148 valence electrons. The fourth-order valence-electron chi connectivity index (χ4n) is 3.41. The predicted molar refractivity (Wildman–Crippen MR) is 102 cm³/mol. The highest BCUT2D eigenvalue weighted by atomic mass is 32.1. The van der Waals surface area contributed by atoms with Crippen molar-refractivity contribution in [2.45, 2.75) is 58.5 Å². The first-order valence-electron chi connectivity index (χ1n) is 9.42. The van der Waals surface area contributed by atoms with Gasteiger partial charge in [-0.25, -0.2) is 4.79 Å². The predicted octanol–water partition coefficient (Wildman–Crippen LogP) is 2.64. The van der Waals surface area contributed by atoms with E-state index in [2.05, 4.69) is 10.9 Å². The third kappa shape index (κ3) is 5.00. The van der Waals surface area contributed by atoms with Crippen molar-refractivity contribution in [3.63, 3.8) is 0 Å². The summed E-state index contributed by atoms with van der Waals surface area (Å²) in [4.78, 5) is 40.4. The first kappa shape index (κ1) is 19.7. The molecule has 8 heteroatoms. The third-order valence-corrected chi connectivity index (χ3v) is 5.95. The van der Waals surface area contributed by atoms with Gasteiger partial charge in [0, 0.05) is 18.0 Å². The van der Waals surface area contributed by atoms with Gasteiger partial charge in [0.2, 0.25) is 5.91 Å². The molecule has 7 nitrogen and oxygen atoms in total. The Kier molecular flexibility index (Phi) is 5.74. The number of nitrogens with one attached hydrogen (secondary N) is 2. The van der Waals surface area contributed by atoms with Gasteiger partial charge in [-0.1, -0.05) is 0 Å². The summed E-state index contributed by atoms with van der Waals surface area (Å²) in [6.45, 7) is 6.31. The highest BCUT2D eigenvalue weighted by Crippen LogP contribution is 2.30.